The number of esters is 2. The number of hydrogen-bond acceptors (Lipinski definition) is 4. The third-order valence-electron chi connectivity index (χ3n) is 3.44. The number of ether oxygens (including phenoxy) is 1. The summed E-state index contributed by atoms with van der Waals surface area (Å²) in [6, 6.07) is 4.07. The highest BCUT2D eigenvalue weighted by atomic mass is 16.6. The fraction of sp³-hybridized carbons (Fsp3) is 0.385. The second kappa shape index (κ2) is 3.40. The Morgan fingerprint density at radius 3 is 1.94 bits per heavy atom. The first-order valence-corrected chi connectivity index (χ1v) is 5.72. The molecule has 0 radical (unpaired) electrons. The van der Waals surface area contributed by atoms with Crippen LogP contribution in [0.4, 0.5) is 0 Å². The Kier molecular flexibility index (Phi) is 2.10. The molecule has 0 saturated heterocycles. The lowest BCUT2D eigenvalue weighted by Gasteiger charge is -2.18. The molecule has 2 aliphatic heterocycles. The van der Waals surface area contributed by atoms with E-state index in [4.69, 9.17) is 0 Å². The molecule has 1 aromatic carbocycles. The Balaban J connectivity index is 2.05. The number of fused-ring (bicyclic) bond motifs is 2. The van der Waals surface area contributed by atoms with E-state index in [9.17, 15) is 9.59 Å². The summed E-state index contributed by atoms with van der Waals surface area (Å²) in [5, 5.41) is 0. The maximum Gasteiger partial charge on any atom is 0.346 e. The van der Waals surface area contributed by atoms with Gasteiger partial charge in [-0.25, -0.2) is 9.59 Å². The lowest BCUT2D eigenvalue weighted by atomic mass is 10.0. The van der Waals surface area contributed by atoms with Crippen molar-refractivity contribution < 1.29 is 14.3 Å². The van der Waals surface area contributed by atoms with Gasteiger partial charge in [-0.15, -0.1) is 0 Å². The van der Waals surface area contributed by atoms with Crippen LogP contribution in [-0.2, 0) is 17.8 Å². The normalized spacial score (nSPS) is 18.5. The monoisotopic (exact) mass is 231 g/mol. The molecule has 0 saturated carbocycles. The van der Waals surface area contributed by atoms with Crippen LogP contribution in [0.2, 0.25) is 0 Å². The molecule has 4 heteroatoms. The van der Waals surface area contributed by atoms with Gasteiger partial charge in [-0.05, 0) is 37.1 Å². The van der Waals surface area contributed by atoms with Crippen LogP contribution in [0, 0.1) is 0 Å². The van der Waals surface area contributed by atoms with Crippen molar-refractivity contribution in [1.29, 1.82) is 0 Å². The van der Waals surface area contributed by atoms with Gasteiger partial charge in [0, 0.05) is 19.1 Å². The highest BCUT2D eigenvalue weighted by Crippen LogP contribution is 2.30. The summed E-state index contributed by atoms with van der Waals surface area (Å²) in [5.41, 5.74) is 3.09. The molecule has 0 aliphatic carbocycles. The third kappa shape index (κ3) is 1.48. The summed E-state index contributed by atoms with van der Waals surface area (Å²) in [6.45, 7) is 5.95. The number of carbonyl (C=O) groups is 2. The average molecular weight is 231 g/mol. The minimum Gasteiger partial charge on any atom is -0.386 e. The van der Waals surface area contributed by atoms with E-state index in [0.717, 1.165) is 24.2 Å². The highest BCUT2D eigenvalue weighted by molar-refractivity contribution is 6.14. The number of benzene rings is 1. The van der Waals surface area contributed by atoms with E-state index < -0.39 is 11.9 Å². The van der Waals surface area contributed by atoms with Gasteiger partial charge in [0.05, 0.1) is 11.1 Å². The quantitative estimate of drug-likeness (QED) is 0.545. The van der Waals surface area contributed by atoms with Gasteiger partial charge in [-0.2, -0.15) is 0 Å². The highest BCUT2D eigenvalue weighted by Gasteiger charge is 2.33. The van der Waals surface area contributed by atoms with Crippen molar-refractivity contribution in [3.8, 4) is 0 Å². The minimum absolute atomic E-state index is 0.416. The van der Waals surface area contributed by atoms with E-state index >= 15 is 0 Å². The van der Waals surface area contributed by atoms with Crippen LogP contribution in [0.5, 0.6) is 0 Å². The Hall–Kier alpha value is -1.68. The molecule has 3 rings (SSSR count). The fourth-order valence-electron chi connectivity index (χ4n) is 2.37. The lowest BCUT2D eigenvalue weighted by molar-refractivity contribution is 0.0443. The topological polar surface area (TPSA) is 46.6 Å². The van der Waals surface area contributed by atoms with E-state index in [1.807, 2.05) is 0 Å². The van der Waals surface area contributed by atoms with E-state index in [1.54, 1.807) is 12.1 Å². The predicted molar refractivity (Wildman–Crippen MR) is 60.6 cm³/mol. The Bertz CT molecular complexity index is 491. The van der Waals surface area contributed by atoms with Gasteiger partial charge in [-0.1, -0.05) is 0 Å². The van der Waals surface area contributed by atoms with E-state index in [2.05, 4.69) is 23.5 Å². The molecule has 4 nitrogen and oxygen atoms in total. The summed E-state index contributed by atoms with van der Waals surface area (Å²) in [4.78, 5) is 25.2. The van der Waals surface area contributed by atoms with Crippen LogP contribution < -0.4 is 0 Å². The molecule has 2 heterocycles. The van der Waals surface area contributed by atoms with Crippen molar-refractivity contribution in [2.24, 2.45) is 0 Å². The molecule has 0 N–H and O–H groups in total. The van der Waals surface area contributed by atoms with Gasteiger partial charge in [0.2, 0.25) is 0 Å². The van der Waals surface area contributed by atoms with Crippen molar-refractivity contribution >= 4 is 11.9 Å². The molecule has 2 aliphatic rings. The predicted octanol–water partition coefficient (Wildman–Crippen LogP) is 1.72. The second-order valence-electron chi connectivity index (χ2n) is 4.84. The Morgan fingerprint density at radius 1 is 1.06 bits per heavy atom. The molecule has 0 fully saturated rings. The van der Waals surface area contributed by atoms with Crippen LogP contribution in [0.3, 0.4) is 0 Å². The van der Waals surface area contributed by atoms with Crippen molar-refractivity contribution in [3.05, 3.63) is 34.4 Å². The van der Waals surface area contributed by atoms with Crippen molar-refractivity contribution in [2.75, 3.05) is 0 Å². The third-order valence-corrected chi connectivity index (χ3v) is 3.44. The van der Waals surface area contributed by atoms with Crippen LogP contribution >= 0.6 is 0 Å². The van der Waals surface area contributed by atoms with E-state index in [0.29, 0.717) is 17.2 Å². The molecule has 88 valence electrons. The van der Waals surface area contributed by atoms with Gasteiger partial charge in [0.1, 0.15) is 0 Å². The minimum atomic E-state index is -0.518. The molecule has 0 aromatic heterocycles. The maximum atomic E-state index is 11.4. The summed E-state index contributed by atoms with van der Waals surface area (Å²) in [5.74, 6) is -1.04. The fourth-order valence-corrected chi connectivity index (χ4v) is 2.37. The lowest BCUT2D eigenvalue weighted by Crippen LogP contribution is -2.24. The number of cyclic esters (lactones) is 2. The standard InChI is InChI=1S/C13H13NO3/c1-7(2)14-5-8-3-10-11(4-9(8)6-14)13(16)17-12(10)15/h3-4,7H,5-6H2,1-2H3. The molecule has 0 bridgehead atoms. The zero-order valence-electron chi connectivity index (χ0n) is 9.82. The van der Waals surface area contributed by atoms with Crippen molar-refractivity contribution in [3.63, 3.8) is 0 Å². The molecule has 17 heavy (non-hydrogen) atoms. The molecule has 0 unspecified atom stereocenters. The maximum absolute atomic E-state index is 11.4. The summed E-state index contributed by atoms with van der Waals surface area (Å²) in [6.07, 6.45) is 0. The molecule has 0 amide bonds. The first-order valence-electron chi connectivity index (χ1n) is 5.72. The summed E-state index contributed by atoms with van der Waals surface area (Å²) < 4.78 is 4.59. The van der Waals surface area contributed by atoms with Gasteiger partial charge >= 0.3 is 11.9 Å². The molecular weight excluding hydrogens is 218 g/mol. The van der Waals surface area contributed by atoms with Crippen LogP contribution in [0.1, 0.15) is 45.7 Å². The molecule has 0 atom stereocenters. The zero-order valence-corrected chi connectivity index (χ0v) is 9.82. The van der Waals surface area contributed by atoms with Crippen molar-refractivity contribution in [2.45, 2.75) is 33.0 Å². The Morgan fingerprint density at radius 2 is 1.53 bits per heavy atom. The van der Waals surface area contributed by atoms with E-state index in [-0.39, 0.29) is 0 Å². The first-order chi connectivity index (χ1) is 8.06. The molecule has 0 spiro atoms. The van der Waals surface area contributed by atoms with Crippen molar-refractivity contribution in [1.82, 2.24) is 4.90 Å². The SMILES string of the molecule is CC(C)N1Cc2cc3c(cc2C1)C(=O)OC3=O. The second-order valence-corrected chi connectivity index (χ2v) is 4.84. The average Bonchev–Trinajstić information content (AvgIpc) is 2.79. The largest absolute Gasteiger partial charge is 0.386 e. The first kappa shape index (κ1) is 10.5. The zero-order chi connectivity index (χ0) is 12.2. The molecule has 1 aromatic rings. The summed E-state index contributed by atoms with van der Waals surface area (Å²) >= 11 is 0. The number of rotatable bonds is 1. The van der Waals surface area contributed by atoms with Gasteiger partial charge < -0.3 is 4.74 Å². The molecular formula is C13H13NO3. The Labute approximate surface area is 99.2 Å². The number of carbonyl (C=O) groups excluding carboxylic acids is 2. The number of hydrogen-bond donors (Lipinski definition) is 0. The van der Waals surface area contributed by atoms with Gasteiger partial charge in [0.15, 0.2) is 0 Å². The smallest absolute Gasteiger partial charge is 0.346 e. The van der Waals surface area contributed by atoms with Gasteiger partial charge in [-0.3, -0.25) is 4.90 Å². The van der Waals surface area contributed by atoms with Crippen LogP contribution in [0.15, 0.2) is 12.1 Å². The van der Waals surface area contributed by atoms with E-state index in [1.165, 1.54) is 0 Å². The van der Waals surface area contributed by atoms with Gasteiger partial charge in [0.25, 0.3) is 0 Å². The van der Waals surface area contributed by atoms with Crippen LogP contribution in [0.25, 0.3) is 0 Å². The summed E-state index contributed by atoms with van der Waals surface area (Å²) in [7, 11) is 0. The van der Waals surface area contributed by atoms with Crippen LogP contribution in [-0.4, -0.2) is 22.9 Å². The number of nitrogens with zero attached hydrogens (tertiary/aromatic N) is 1.